The van der Waals surface area contributed by atoms with Gasteiger partial charge in [-0.2, -0.15) is 13.5 Å². The van der Waals surface area contributed by atoms with Crippen LogP contribution in [-0.4, -0.2) is 23.4 Å². The second-order valence-electron chi connectivity index (χ2n) is 4.25. The van der Waals surface area contributed by atoms with E-state index in [1.54, 1.807) is 0 Å². The van der Waals surface area contributed by atoms with Gasteiger partial charge in [-0.3, -0.25) is 4.79 Å². The third-order valence-corrected chi connectivity index (χ3v) is 2.94. The molecule has 1 atom stereocenters. The molecule has 1 aliphatic rings. The molecule has 1 aliphatic heterocycles. The largest absolute Gasteiger partial charge is 0.339 e. The molecule has 0 N–H and O–H groups in total. The van der Waals surface area contributed by atoms with Crippen LogP contribution in [-0.2, 0) is 4.79 Å². The Kier molecular flexibility index (Phi) is 6.25. The minimum absolute atomic E-state index is 0. The number of hydrogen-bond donors (Lipinski definition) is 0. The van der Waals surface area contributed by atoms with Crippen molar-refractivity contribution in [3.05, 3.63) is 0 Å². The molecule has 0 aromatic heterocycles. The van der Waals surface area contributed by atoms with Crippen LogP contribution in [0.25, 0.3) is 0 Å². The number of rotatable bonds is 2. The summed E-state index contributed by atoms with van der Waals surface area (Å²) in [6.45, 7) is 7.36. The van der Waals surface area contributed by atoms with E-state index in [0.29, 0.717) is 24.3 Å². The maximum absolute atomic E-state index is 11.6. The Labute approximate surface area is 94.5 Å². The van der Waals surface area contributed by atoms with Gasteiger partial charge < -0.3 is 4.90 Å². The molecule has 0 aromatic rings. The van der Waals surface area contributed by atoms with E-state index in [0.717, 1.165) is 6.54 Å². The predicted octanol–water partition coefficient (Wildman–Crippen LogP) is 2.55. The molecule has 84 valence electrons. The summed E-state index contributed by atoms with van der Waals surface area (Å²) in [5, 5.41) is 0. The number of amides is 1. The lowest BCUT2D eigenvalue weighted by molar-refractivity contribution is -0.135. The van der Waals surface area contributed by atoms with Crippen molar-refractivity contribution in [1.29, 1.82) is 0 Å². The van der Waals surface area contributed by atoms with Gasteiger partial charge in [-0.25, -0.2) is 0 Å². The van der Waals surface area contributed by atoms with Crippen LogP contribution in [0.4, 0.5) is 0 Å². The Morgan fingerprint density at radius 2 is 2.07 bits per heavy atom. The fourth-order valence-electron chi connectivity index (χ4n) is 2.16. The van der Waals surface area contributed by atoms with Crippen LogP contribution in [0, 0.1) is 5.92 Å². The average Bonchev–Trinajstić information content (AvgIpc) is 2.16. The highest BCUT2D eigenvalue weighted by molar-refractivity contribution is 7.59. The Morgan fingerprint density at radius 3 is 2.57 bits per heavy atom. The lowest BCUT2D eigenvalue weighted by Crippen LogP contribution is -2.46. The molecular formula is C11H23NOS. The zero-order valence-electron chi connectivity index (χ0n) is 9.55. The molecule has 1 heterocycles. The Hall–Kier alpha value is -0.180. The van der Waals surface area contributed by atoms with Gasteiger partial charge >= 0.3 is 0 Å². The molecule has 0 radical (unpaired) electrons. The normalized spacial score (nSPS) is 22.0. The molecule has 0 bridgehead atoms. The van der Waals surface area contributed by atoms with Gasteiger partial charge in [0.15, 0.2) is 0 Å². The number of piperidine rings is 1. The first-order valence-corrected chi connectivity index (χ1v) is 5.46. The summed E-state index contributed by atoms with van der Waals surface area (Å²) in [6, 6.07) is 0.501. The molecular weight excluding hydrogens is 194 g/mol. The lowest BCUT2D eigenvalue weighted by atomic mass is 9.92. The van der Waals surface area contributed by atoms with Gasteiger partial charge in [0, 0.05) is 19.0 Å². The van der Waals surface area contributed by atoms with E-state index in [1.165, 1.54) is 19.3 Å². The van der Waals surface area contributed by atoms with Gasteiger partial charge in [0.2, 0.25) is 5.91 Å². The Morgan fingerprint density at radius 1 is 1.43 bits per heavy atom. The minimum atomic E-state index is 0. The fraction of sp³-hybridized carbons (Fsp3) is 0.909. The van der Waals surface area contributed by atoms with Crippen molar-refractivity contribution in [2.75, 3.05) is 6.54 Å². The van der Waals surface area contributed by atoms with E-state index in [1.807, 2.05) is 6.92 Å². The van der Waals surface area contributed by atoms with Crippen LogP contribution in [0.1, 0.15) is 46.5 Å². The van der Waals surface area contributed by atoms with Gasteiger partial charge in [0.05, 0.1) is 0 Å². The molecule has 0 saturated carbocycles. The van der Waals surface area contributed by atoms with Crippen molar-refractivity contribution < 1.29 is 4.79 Å². The van der Waals surface area contributed by atoms with Crippen molar-refractivity contribution in [3.8, 4) is 0 Å². The standard InChI is InChI=1S/C11H21NO.H2S/c1-4-11(13)12-8-6-5-7-10(12)9(2)3;/h9-10H,4-8H2,1-3H3;1H2/t10-;/m1./s1. The second kappa shape index (κ2) is 6.33. The molecule has 2 nitrogen and oxygen atoms in total. The summed E-state index contributed by atoms with van der Waals surface area (Å²) in [5.41, 5.74) is 0. The minimum Gasteiger partial charge on any atom is -0.339 e. The number of likely N-dealkylation sites (tertiary alicyclic amines) is 1. The molecule has 0 aromatic carbocycles. The molecule has 0 spiro atoms. The fourth-order valence-corrected chi connectivity index (χ4v) is 2.16. The molecule has 0 unspecified atom stereocenters. The maximum atomic E-state index is 11.6. The number of carbonyl (C=O) groups is 1. The zero-order valence-corrected chi connectivity index (χ0v) is 10.5. The average molecular weight is 217 g/mol. The quantitative estimate of drug-likeness (QED) is 0.696. The van der Waals surface area contributed by atoms with Crippen LogP contribution in [0.5, 0.6) is 0 Å². The van der Waals surface area contributed by atoms with Crippen LogP contribution in [0.15, 0.2) is 0 Å². The summed E-state index contributed by atoms with van der Waals surface area (Å²) in [7, 11) is 0. The molecule has 0 aliphatic carbocycles. The van der Waals surface area contributed by atoms with Gasteiger partial charge in [-0.15, -0.1) is 0 Å². The SMILES string of the molecule is CCC(=O)N1CCCC[C@@H]1C(C)C.S. The monoisotopic (exact) mass is 217 g/mol. The summed E-state index contributed by atoms with van der Waals surface area (Å²) >= 11 is 0. The maximum Gasteiger partial charge on any atom is 0.222 e. The second-order valence-corrected chi connectivity index (χ2v) is 4.25. The third-order valence-electron chi connectivity index (χ3n) is 2.94. The molecule has 1 rings (SSSR count). The smallest absolute Gasteiger partial charge is 0.222 e. The zero-order chi connectivity index (χ0) is 9.84. The van der Waals surface area contributed by atoms with Crippen LogP contribution in [0.2, 0.25) is 0 Å². The number of nitrogens with zero attached hydrogens (tertiary/aromatic N) is 1. The molecule has 1 fully saturated rings. The Balaban J connectivity index is 0.00000169. The first-order chi connectivity index (χ1) is 6.16. The van der Waals surface area contributed by atoms with Crippen molar-refractivity contribution >= 4 is 19.4 Å². The van der Waals surface area contributed by atoms with Gasteiger partial charge in [-0.05, 0) is 25.2 Å². The molecule has 1 saturated heterocycles. The van der Waals surface area contributed by atoms with Gasteiger partial charge in [0.25, 0.3) is 0 Å². The predicted molar refractivity (Wildman–Crippen MR) is 64.9 cm³/mol. The first kappa shape index (κ1) is 13.8. The molecule has 3 heteroatoms. The first-order valence-electron chi connectivity index (χ1n) is 5.46. The van der Waals surface area contributed by atoms with Crippen molar-refractivity contribution in [3.63, 3.8) is 0 Å². The van der Waals surface area contributed by atoms with Crippen molar-refractivity contribution in [2.45, 2.75) is 52.5 Å². The number of carbonyl (C=O) groups excluding carboxylic acids is 1. The van der Waals surface area contributed by atoms with Crippen molar-refractivity contribution in [1.82, 2.24) is 4.90 Å². The highest BCUT2D eigenvalue weighted by Gasteiger charge is 2.27. The van der Waals surface area contributed by atoms with E-state index in [4.69, 9.17) is 0 Å². The third kappa shape index (κ3) is 3.19. The summed E-state index contributed by atoms with van der Waals surface area (Å²) in [6.07, 6.45) is 4.33. The van der Waals surface area contributed by atoms with Gasteiger partial charge in [0.1, 0.15) is 0 Å². The topological polar surface area (TPSA) is 20.3 Å². The summed E-state index contributed by atoms with van der Waals surface area (Å²) in [5.74, 6) is 0.939. The highest BCUT2D eigenvalue weighted by atomic mass is 32.1. The highest BCUT2D eigenvalue weighted by Crippen LogP contribution is 2.23. The molecule has 14 heavy (non-hydrogen) atoms. The van der Waals surface area contributed by atoms with E-state index in [9.17, 15) is 4.79 Å². The Bertz CT molecular complexity index is 182. The van der Waals surface area contributed by atoms with Crippen LogP contribution < -0.4 is 0 Å². The van der Waals surface area contributed by atoms with E-state index < -0.39 is 0 Å². The van der Waals surface area contributed by atoms with Crippen LogP contribution >= 0.6 is 13.5 Å². The van der Waals surface area contributed by atoms with Gasteiger partial charge in [-0.1, -0.05) is 20.8 Å². The van der Waals surface area contributed by atoms with E-state index in [2.05, 4.69) is 18.7 Å². The summed E-state index contributed by atoms with van der Waals surface area (Å²) in [4.78, 5) is 13.7. The lowest BCUT2D eigenvalue weighted by Gasteiger charge is -2.38. The molecule has 1 amide bonds. The van der Waals surface area contributed by atoms with E-state index >= 15 is 0 Å². The van der Waals surface area contributed by atoms with Crippen molar-refractivity contribution in [2.24, 2.45) is 5.92 Å². The summed E-state index contributed by atoms with van der Waals surface area (Å²) < 4.78 is 0. The van der Waals surface area contributed by atoms with E-state index in [-0.39, 0.29) is 13.5 Å². The number of hydrogen-bond acceptors (Lipinski definition) is 1. The van der Waals surface area contributed by atoms with Crippen LogP contribution in [0.3, 0.4) is 0 Å².